The average molecular weight is 532 g/mol. The number of nitrogens with one attached hydrogen (secondary N) is 2. The van der Waals surface area contributed by atoms with Gasteiger partial charge in [0.2, 0.25) is 11.8 Å². The van der Waals surface area contributed by atoms with Gasteiger partial charge < -0.3 is 36.0 Å². The van der Waals surface area contributed by atoms with Gasteiger partial charge >= 0.3 is 0 Å². The summed E-state index contributed by atoms with van der Waals surface area (Å²) in [6.45, 7) is 10.3. The minimum atomic E-state index is -1.51. The van der Waals surface area contributed by atoms with Gasteiger partial charge in [0.05, 0.1) is 0 Å². The average Bonchev–Trinajstić information content (AvgIpc) is 2.89. The molecule has 39 heavy (non-hydrogen) atoms. The molecule has 1 saturated heterocycles. The van der Waals surface area contributed by atoms with E-state index in [-0.39, 0.29) is 29.0 Å². The molecule has 1 aromatic heterocycles. The fraction of sp³-hybridized carbons (Fsp3) is 0.286. The van der Waals surface area contributed by atoms with Crippen molar-refractivity contribution in [1.29, 1.82) is 0 Å². The Morgan fingerprint density at radius 2 is 1.77 bits per heavy atom. The molecule has 11 heteroatoms. The SMILES string of the molecule is C=CC(=O)Nc1cccc(Oc2nc(Nc3ccc(N4CCN(C)CC4)cc3)c(C(N)=O)nc2C(C)(C)O)c1. The number of likely N-dealkylation sites (N-methyl/N-ethyl adjacent to an activating group) is 1. The van der Waals surface area contributed by atoms with E-state index in [2.05, 4.69) is 44.0 Å². The summed E-state index contributed by atoms with van der Waals surface area (Å²) in [5.74, 6) is -0.818. The summed E-state index contributed by atoms with van der Waals surface area (Å²) in [5, 5.41) is 16.5. The molecular formula is C28H33N7O4. The van der Waals surface area contributed by atoms with E-state index in [1.807, 2.05) is 24.3 Å². The number of amides is 2. The van der Waals surface area contributed by atoms with Gasteiger partial charge in [0.25, 0.3) is 5.91 Å². The van der Waals surface area contributed by atoms with Crippen molar-refractivity contribution >= 4 is 34.7 Å². The lowest BCUT2D eigenvalue weighted by Gasteiger charge is -2.34. The molecule has 11 nitrogen and oxygen atoms in total. The van der Waals surface area contributed by atoms with Crippen molar-refractivity contribution in [3.63, 3.8) is 0 Å². The van der Waals surface area contributed by atoms with Crippen LogP contribution in [0.1, 0.15) is 30.0 Å². The molecule has 0 bridgehead atoms. The standard InChI is InChI=1S/C28H33N7O4/c1-5-22(36)30-19-7-6-8-21(17-19)39-27-24(28(2,3)38)32-23(25(29)37)26(33-27)31-18-9-11-20(12-10-18)35-15-13-34(4)14-16-35/h5-12,17,38H,1,13-16H2,2-4H3,(H2,29,37)(H,30,36)(H,31,33). The van der Waals surface area contributed by atoms with Crippen molar-refractivity contribution in [2.75, 3.05) is 48.8 Å². The number of nitrogens with zero attached hydrogens (tertiary/aromatic N) is 4. The minimum Gasteiger partial charge on any atom is -0.437 e. The number of primary amides is 1. The molecule has 1 aliphatic rings. The third kappa shape index (κ3) is 6.89. The Hall–Kier alpha value is -4.48. The van der Waals surface area contributed by atoms with Crippen LogP contribution in [-0.2, 0) is 10.4 Å². The van der Waals surface area contributed by atoms with Crippen molar-refractivity contribution in [3.05, 3.63) is 72.6 Å². The van der Waals surface area contributed by atoms with Gasteiger partial charge in [-0.1, -0.05) is 12.6 Å². The third-order valence-electron chi connectivity index (χ3n) is 6.18. The maximum Gasteiger partial charge on any atom is 0.271 e. The highest BCUT2D eigenvalue weighted by Crippen LogP contribution is 2.34. The molecule has 2 amide bonds. The van der Waals surface area contributed by atoms with Crippen molar-refractivity contribution in [1.82, 2.24) is 14.9 Å². The van der Waals surface area contributed by atoms with Crippen LogP contribution in [0.5, 0.6) is 11.6 Å². The van der Waals surface area contributed by atoms with Crippen LogP contribution in [0, 0.1) is 0 Å². The molecule has 0 unspecified atom stereocenters. The van der Waals surface area contributed by atoms with Gasteiger partial charge in [-0.3, -0.25) is 9.59 Å². The van der Waals surface area contributed by atoms with E-state index in [1.165, 1.54) is 13.8 Å². The summed E-state index contributed by atoms with van der Waals surface area (Å²) >= 11 is 0. The second-order valence-corrected chi connectivity index (χ2v) is 9.78. The number of hydrogen-bond donors (Lipinski definition) is 4. The number of carbonyl (C=O) groups excluding carboxylic acids is 2. The number of hydrogen-bond acceptors (Lipinski definition) is 9. The van der Waals surface area contributed by atoms with Gasteiger partial charge in [-0.25, -0.2) is 4.98 Å². The first-order valence-corrected chi connectivity index (χ1v) is 12.5. The Balaban J connectivity index is 1.65. The number of nitrogens with two attached hydrogens (primary N) is 1. The van der Waals surface area contributed by atoms with E-state index in [0.29, 0.717) is 17.1 Å². The van der Waals surface area contributed by atoms with Gasteiger partial charge in [0.15, 0.2) is 11.5 Å². The number of ether oxygens (including phenoxy) is 1. The number of piperazine rings is 1. The van der Waals surface area contributed by atoms with E-state index >= 15 is 0 Å². The van der Waals surface area contributed by atoms with Gasteiger partial charge in [-0.15, -0.1) is 0 Å². The van der Waals surface area contributed by atoms with Crippen LogP contribution < -0.4 is 26.0 Å². The molecule has 2 heterocycles. The Bertz CT molecular complexity index is 1360. The maximum absolute atomic E-state index is 12.3. The number of aromatic nitrogens is 2. The Kier molecular flexibility index (Phi) is 8.12. The predicted octanol–water partition coefficient (Wildman–Crippen LogP) is 3.22. The first-order valence-electron chi connectivity index (χ1n) is 12.5. The van der Waals surface area contributed by atoms with Crippen LogP contribution in [0.4, 0.5) is 22.9 Å². The number of anilines is 4. The van der Waals surface area contributed by atoms with E-state index in [9.17, 15) is 14.7 Å². The van der Waals surface area contributed by atoms with E-state index in [0.717, 1.165) is 37.9 Å². The monoisotopic (exact) mass is 531 g/mol. The second-order valence-electron chi connectivity index (χ2n) is 9.78. The highest BCUT2D eigenvalue weighted by molar-refractivity contribution is 5.99. The van der Waals surface area contributed by atoms with E-state index in [1.54, 1.807) is 24.3 Å². The van der Waals surface area contributed by atoms with E-state index < -0.39 is 11.5 Å². The molecule has 1 fully saturated rings. The molecule has 5 N–H and O–H groups in total. The summed E-state index contributed by atoms with van der Waals surface area (Å²) < 4.78 is 6.00. The van der Waals surface area contributed by atoms with Gasteiger partial charge in [-0.2, -0.15) is 4.98 Å². The zero-order valence-electron chi connectivity index (χ0n) is 22.3. The quantitative estimate of drug-likeness (QED) is 0.306. The third-order valence-corrected chi connectivity index (χ3v) is 6.18. The number of aliphatic hydroxyl groups is 1. The molecule has 0 radical (unpaired) electrons. The van der Waals surface area contributed by atoms with Crippen molar-refractivity contribution in [3.8, 4) is 11.6 Å². The second kappa shape index (κ2) is 11.5. The summed E-state index contributed by atoms with van der Waals surface area (Å²) in [7, 11) is 2.11. The van der Waals surface area contributed by atoms with Crippen molar-refractivity contribution in [2.45, 2.75) is 19.4 Å². The normalized spacial score (nSPS) is 14.0. The van der Waals surface area contributed by atoms with Crippen LogP contribution in [0.25, 0.3) is 0 Å². The number of benzene rings is 2. The van der Waals surface area contributed by atoms with Gasteiger partial charge in [0, 0.05) is 49.3 Å². The predicted molar refractivity (Wildman–Crippen MR) is 151 cm³/mol. The summed E-state index contributed by atoms with van der Waals surface area (Å²) in [5.41, 5.74) is 6.24. The van der Waals surface area contributed by atoms with Crippen LogP contribution in [0.2, 0.25) is 0 Å². The molecular weight excluding hydrogens is 498 g/mol. The van der Waals surface area contributed by atoms with Gasteiger partial charge in [-0.05, 0) is 63.4 Å². The lowest BCUT2D eigenvalue weighted by Crippen LogP contribution is -2.44. The zero-order chi connectivity index (χ0) is 28.2. The minimum absolute atomic E-state index is 0.0211. The number of carbonyl (C=O) groups is 2. The molecule has 1 aliphatic heterocycles. The molecule has 204 valence electrons. The topological polar surface area (TPSA) is 146 Å². The van der Waals surface area contributed by atoms with Crippen LogP contribution >= 0.6 is 0 Å². The van der Waals surface area contributed by atoms with Gasteiger partial charge in [0.1, 0.15) is 17.0 Å². The summed E-state index contributed by atoms with van der Waals surface area (Å²) in [6, 6.07) is 14.4. The van der Waals surface area contributed by atoms with E-state index in [4.69, 9.17) is 10.5 Å². The highest BCUT2D eigenvalue weighted by atomic mass is 16.5. The Labute approximate surface area is 227 Å². The summed E-state index contributed by atoms with van der Waals surface area (Å²) in [6.07, 6.45) is 1.16. The first-order chi connectivity index (χ1) is 18.5. The maximum atomic E-state index is 12.3. The smallest absolute Gasteiger partial charge is 0.271 e. The fourth-order valence-corrected chi connectivity index (χ4v) is 4.05. The largest absolute Gasteiger partial charge is 0.437 e. The van der Waals surface area contributed by atoms with Crippen molar-refractivity contribution < 1.29 is 19.4 Å². The molecule has 3 aromatic rings. The molecule has 2 aromatic carbocycles. The highest BCUT2D eigenvalue weighted by Gasteiger charge is 2.29. The van der Waals surface area contributed by atoms with Crippen LogP contribution in [0.15, 0.2) is 61.2 Å². The Morgan fingerprint density at radius 3 is 2.38 bits per heavy atom. The zero-order valence-corrected chi connectivity index (χ0v) is 22.3. The Morgan fingerprint density at radius 1 is 1.08 bits per heavy atom. The van der Waals surface area contributed by atoms with Crippen LogP contribution in [-0.4, -0.2) is 65.0 Å². The lowest BCUT2D eigenvalue weighted by atomic mass is 10.1. The molecule has 4 rings (SSSR count). The molecule has 0 spiro atoms. The van der Waals surface area contributed by atoms with Crippen molar-refractivity contribution in [2.24, 2.45) is 5.73 Å². The fourth-order valence-electron chi connectivity index (χ4n) is 4.05. The lowest BCUT2D eigenvalue weighted by molar-refractivity contribution is -0.111. The molecule has 0 atom stereocenters. The molecule has 0 aliphatic carbocycles. The first kappa shape index (κ1) is 27.6. The molecule has 0 saturated carbocycles. The number of rotatable bonds is 9. The summed E-state index contributed by atoms with van der Waals surface area (Å²) in [4.78, 5) is 37.5. The van der Waals surface area contributed by atoms with Crippen LogP contribution in [0.3, 0.4) is 0 Å².